The largest absolute Gasteiger partial charge is 0.376 e. The van der Waals surface area contributed by atoms with E-state index in [-0.39, 0.29) is 18.1 Å². The van der Waals surface area contributed by atoms with Crippen molar-refractivity contribution in [3.05, 3.63) is 33.8 Å². The van der Waals surface area contributed by atoms with E-state index in [9.17, 15) is 4.79 Å². The summed E-state index contributed by atoms with van der Waals surface area (Å²) >= 11 is 11.8. The predicted molar refractivity (Wildman–Crippen MR) is 72.4 cm³/mol. The van der Waals surface area contributed by atoms with E-state index in [4.69, 9.17) is 27.9 Å². The molecule has 3 nitrogen and oxygen atoms in total. The van der Waals surface area contributed by atoms with Crippen molar-refractivity contribution < 1.29 is 9.53 Å². The Kier molecular flexibility index (Phi) is 4.49. The smallest absolute Gasteiger partial charge is 0.253 e. The molecule has 1 aliphatic rings. The van der Waals surface area contributed by atoms with E-state index in [1.165, 1.54) is 0 Å². The fourth-order valence-electron chi connectivity index (χ4n) is 2.05. The van der Waals surface area contributed by atoms with Crippen LogP contribution in [0.25, 0.3) is 0 Å². The molecule has 0 aromatic heterocycles. The molecule has 1 heterocycles. The molecule has 1 N–H and O–H groups in total. The normalized spacial score (nSPS) is 20.7. The lowest BCUT2D eigenvalue weighted by Crippen LogP contribution is -2.40. The van der Waals surface area contributed by atoms with Gasteiger partial charge in [-0.05, 0) is 38.0 Å². The molecule has 18 heavy (non-hydrogen) atoms. The molecule has 0 bridgehead atoms. The molecule has 1 fully saturated rings. The molecule has 98 valence electrons. The first-order valence-electron chi connectivity index (χ1n) is 5.95. The molecular formula is C13H15Cl2NO2. The summed E-state index contributed by atoms with van der Waals surface area (Å²) < 4.78 is 5.53. The van der Waals surface area contributed by atoms with Gasteiger partial charge in [-0.15, -0.1) is 0 Å². The second-order valence-electron chi connectivity index (χ2n) is 4.44. The van der Waals surface area contributed by atoms with Crippen molar-refractivity contribution in [2.24, 2.45) is 0 Å². The lowest BCUT2D eigenvalue weighted by atomic mass is 10.1. The minimum atomic E-state index is -0.195. The van der Waals surface area contributed by atoms with Crippen molar-refractivity contribution in [1.29, 1.82) is 0 Å². The number of carbonyl (C=O) groups excluding carboxylic acids is 1. The Morgan fingerprint density at radius 3 is 2.89 bits per heavy atom. The minimum Gasteiger partial charge on any atom is -0.376 e. The van der Waals surface area contributed by atoms with Gasteiger partial charge >= 0.3 is 0 Å². The van der Waals surface area contributed by atoms with Crippen LogP contribution in [0.3, 0.4) is 0 Å². The first-order chi connectivity index (χ1) is 8.58. The molecule has 2 rings (SSSR count). The summed E-state index contributed by atoms with van der Waals surface area (Å²) in [4.78, 5) is 12.0. The fraction of sp³-hybridized carbons (Fsp3) is 0.462. The van der Waals surface area contributed by atoms with Crippen molar-refractivity contribution in [3.8, 4) is 0 Å². The number of rotatable bonds is 3. The predicted octanol–water partition coefficient (Wildman–Crippen LogP) is 3.29. The molecule has 1 aromatic carbocycles. The Hall–Kier alpha value is -0.770. The Bertz CT molecular complexity index is 445. The molecule has 0 saturated carbocycles. The van der Waals surface area contributed by atoms with Crippen molar-refractivity contribution in [3.63, 3.8) is 0 Å². The van der Waals surface area contributed by atoms with E-state index in [0.29, 0.717) is 15.6 Å². The van der Waals surface area contributed by atoms with Gasteiger partial charge in [-0.1, -0.05) is 23.2 Å². The maximum atomic E-state index is 12.0. The summed E-state index contributed by atoms with van der Waals surface area (Å²) in [7, 11) is 0. The lowest BCUT2D eigenvalue weighted by Gasteiger charge is -2.20. The standard InChI is InChI=1S/C13H15Cl2NO2/c1-8(12-3-2-6-18-12)16-13(17)10-5-4-9(14)7-11(10)15/h4-5,7-8,12H,2-3,6H2,1H3,(H,16,17)/t8-,12+/m1/s1. The number of benzene rings is 1. The van der Waals surface area contributed by atoms with Gasteiger partial charge < -0.3 is 10.1 Å². The van der Waals surface area contributed by atoms with Crippen LogP contribution < -0.4 is 5.32 Å². The number of halogens is 2. The lowest BCUT2D eigenvalue weighted by molar-refractivity contribution is 0.0712. The summed E-state index contributed by atoms with van der Waals surface area (Å²) in [5.74, 6) is -0.195. The highest BCUT2D eigenvalue weighted by Gasteiger charge is 2.24. The van der Waals surface area contributed by atoms with Crippen LogP contribution in [0.15, 0.2) is 18.2 Å². The highest BCUT2D eigenvalue weighted by atomic mass is 35.5. The van der Waals surface area contributed by atoms with E-state index >= 15 is 0 Å². The molecule has 5 heteroatoms. The van der Waals surface area contributed by atoms with Crippen molar-refractivity contribution in [2.45, 2.75) is 31.9 Å². The Balaban J connectivity index is 2.02. The van der Waals surface area contributed by atoms with Gasteiger partial charge in [0.2, 0.25) is 0 Å². The topological polar surface area (TPSA) is 38.3 Å². The van der Waals surface area contributed by atoms with Gasteiger partial charge in [-0.25, -0.2) is 0 Å². The van der Waals surface area contributed by atoms with Gasteiger partial charge in [0.1, 0.15) is 0 Å². The molecule has 0 unspecified atom stereocenters. The quantitative estimate of drug-likeness (QED) is 0.926. The minimum absolute atomic E-state index is 0.0215. The summed E-state index contributed by atoms with van der Waals surface area (Å²) in [6, 6.07) is 4.82. The van der Waals surface area contributed by atoms with Gasteiger partial charge in [0.15, 0.2) is 0 Å². The molecule has 0 aliphatic carbocycles. The van der Waals surface area contributed by atoms with E-state index in [1.807, 2.05) is 6.92 Å². The molecule has 2 atom stereocenters. The van der Waals surface area contributed by atoms with Crippen LogP contribution in [0.2, 0.25) is 10.0 Å². The van der Waals surface area contributed by atoms with Crippen LogP contribution in [-0.4, -0.2) is 24.7 Å². The second-order valence-corrected chi connectivity index (χ2v) is 5.28. The highest BCUT2D eigenvalue weighted by Crippen LogP contribution is 2.21. The Labute approximate surface area is 116 Å². The monoisotopic (exact) mass is 287 g/mol. The SMILES string of the molecule is C[C@@H](NC(=O)c1ccc(Cl)cc1Cl)[C@@H]1CCCO1. The maximum Gasteiger partial charge on any atom is 0.253 e. The number of ether oxygens (including phenoxy) is 1. The second kappa shape index (κ2) is 5.91. The molecule has 0 spiro atoms. The van der Waals surface area contributed by atoms with Gasteiger partial charge in [0.05, 0.1) is 22.7 Å². The summed E-state index contributed by atoms with van der Waals surface area (Å²) in [6.45, 7) is 2.71. The zero-order chi connectivity index (χ0) is 13.1. The third kappa shape index (κ3) is 3.16. The molecule has 0 radical (unpaired) electrons. The van der Waals surface area contributed by atoms with Crippen LogP contribution >= 0.6 is 23.2 Å². The zero-order valence-corrected chi connectivity index (χ0v) is 11.6. The summed E-state index contributed by atoms with van der Waals surface area (Å²) in [5.41, 5.74) is 0.436. The van der Waals surface area contributed by atoms with E-state index < -0.39 is 0 Å². The van der Waals surface area contributed by atoms with E-state index in [1.54, 1.807) is 18.2 Å². The fourth-order valence-corrected chi connectivity index (χ4v) is 2.54. The van der Waals surface area contributed by atoms with Gasteiger partial charge in [0.25, 0.3) is 5.91 Å². The number of amides is 1. The van der Waals surface area contributed by atoms with Crippen LogP contribution in [-0.2, 0) is 4.74 Å². The number of hydrogen-bond donors (Lipinski definition) is 1. The molecular weight excluding hydrogens is 273 g/mol. The van der Waals surface area contributed by atoms with Crippen molar-refractivity contribution in [2.75, 3.05) is 6.61 Å². The zero-order valence-electron chi connectivity index (χ0n) is 10.1. The van der Waals surface area contributed by atoms with Gasteiger partial charge in [-0.3, -0.25) is 4.79 Å². The highest BCUT2D eigenvalue weighted by molar-refractivity contribution is 6.36. The first-order valence-corrected chi connectivity index (χ1v) is 6.71. The van der Waals surface area contributed by atoms with Crippen LogP contribution in [0.5, 0.6) is 0 Å². The molecule has 1 aliphatic heterocycles. The van der Waals surface area contributed by atoms with Crippen LogP contribution in [0.4, 0.5) is 0 Å². The average Bonchev–Trinajstić information content (AvgIpc) is 2.81. The number of carbonyl (C=O) groups is 1. The van der Waals surface area contributed by atoms with Crippen LogP contribution in [0.1, 0.15) is 30.1 Å². The average molecular weight is 288 g/mol. The third-order valence-corrected chi connectivity index (χ3v) is 3.60. The summed E-state index contributed by atoms with van der Waals surface area (Å²) in [5, 5.41) is 3.78. The van der Waals surface area contributed by atoms with Crippen molar-refractivity contribution in [1.82, 2.24) is 5.32 Å². The maximum absolute atomic E-state index is 12.0. The molecule has 1 aromatic rings. The van der Waals surface area contributed by atoms with Crippen molar-refractivity contribution >= 4 is 29.1 Å². The molecule has 1 amide bonds. The van der Waals surface area contributed by atoms with Gasteiger partial charge in [-0.2, -0.15) is 0 Å². The first kappa shape index (κ1) is 13.7. The summed E-state index contributed by atoms with van der Waals surface area (Å²) in [6.07, 6.45) is 2.13. The van der Waals surface area contributed by atoms with E-state index in [0.717, 1.165) is 19.4 Å². The number of hydrogen-bond acceptors (Lipinski definition) is 2. The third-order valence-electron chi connectivity index (χ3n) is 3.06. The Morgan fingerprint density at radius 1 is 1.50 bits per heavy atom. The molecule has 1 saturated heterocycles. The Morgan fingerprint density at radius 2 is 2.28 bits per heavy atom. The van der Waals surface area contributed by atoms with Crippen LogP contribution in [0, 0.1) is 0 Å². The van der Waals surface area contributed by atoms with E-state index in [2.05, 4.69) is 5.32 Å². The number of nitrogens with one attached hydrogen (secondary N) is 1. The van der Waals surface area contributed by atoms with Gasteiger partial charge in [0, 0.05) is 11.6 Å².